The van der Waals surface area contributed by atoms with E-state index in [-0.39, 0.29) is 0 Å². The Labute approximate surface area is 167 Å². The Morgan fingerprint density at radius 2 is 1.81 bits per heavy atom. The summed E-state index contributed by atoms with van der Waals surface area (Å²) in [6, 6.07) is 9.01. The summed E-state index contributed by atoms with van der Waals surface area (Å²) in [4.78, 5) is 7.72. The average Bonchev–Trinajstić information content (AvgIpc) is 2.66. The normalized spacial score (nSPS) is 22.7. The topological polar surface area (TPSA) is 35.7 Å². The van der Waals surface area contributed by atoms with Crippen molar-refractivity contribution < 1.29 is 0 Å². The van der Waals surface area contributed by atoms with Crippen molar-refractivity contribution >= 4 is 5.69 Å². The van der Waals surface area contributed by atoms with Crippen LogP contribution in [0.3, 0.4) is 0 Å². The number of benzene rings is 1. The van der Waals surface area contributed by atoms with E-state index in [1.807, 2.05) is 12.1 Å². The van der Waals surface area contributed by atoms with Crippen LogP contribution in [0.15, 0.2) is 24.3 Å². The molecule has 1 aromatic rings. The van der Waals surface area contributed by atoms with Gasteiger partial charge in [0.2, 0.25) is 0 Å². The van der Waals surface area contributed by atoms with E-state index >= 15 is 0 Å². The summed E-state index contributed by atoms with van der Waals surface area (Å²) in [5.41, 5.74) is 8.12. The Bertz CT molecular complexity index is 512. The molecule has 154 valence electrons. The number of anilines is 1. The maximum absolute atomic E-state index is 5.88. The lowest BCUT2D eigenvalue weighted by Crippen LogP contribution is -2.51. The van der Waals surface area contributed by atoms with E-state index in [4.69, 9.17) is 5.73 Å². The van der Waals surface area contributed by atoms with E-state index in [1.165, 1.54) is 38.0 Å². The van der Waals surface area contributed by atoms with Gasteiger partial charge in [-0.15, -0.1) is 13.1 Å². The van der Waals surface area contributed by atoms with Gasteiger partial charge in [-0.05, 0) is 56.0 Å². The highest BCUT2D eigenvalue weighted by Crippen LogP contribution is 2.19. The molecule has 0 amide bonds. The third-order valence-electron chi connectivity index (χ3n) is 5.80. The summed E-state index contributed by atoms with van der Waals surface area (Å²) >= 11 is 0. The summed E-state index contributed by atoms with van der Waals surface area (Å²) < 4.78 is 0. The highest BCUT2D eigenvalue weighted by molar-refractivity contribution is 5.39. The molecule has 1 aliphatic heterocycles. The average molecular weight is 373 g/mol. The number of hydrogen-bond acceptors (Lipinski definition) is 4. The van der Waals surface area contributed by atoms with Gasteiger partial charge >= 0.3 is 0 Å². The van der Waals surface area contributed by atoms with Gasteiger partial charge < -0.3 is 29.4 Å². The van der Waals surface area contributed by atoms with Crippen LogP contribution in [-0.2, 0) is 6.42 Å². The minimum atomic E-state index is 0.560. The molecule has 0 aliphatic carbocycles. The molecule has 0 bridgehead atoms. The molecule has 1 aliphatic rings. The third-order valence-corrected chi connectivity index (χ3v) is 5.80. The van der Waals surface area contributed by atoms with Gasteiger partial charge in [0.25, 0.3) is 0 Å². The van der Waals surface area contributed by atoms with Gasteiger partial charge in [-0.3, -0.25) is 4.90 Å². The van der Waals surface area contributed by atoms with Gasteiger partial charge in [0.15, 0.2) is 0 Å². The lowest BCUT2D eigenvalue weighted by Gasteiger charge is -2.41. The van der Waals surface area contributed by atoms with Gasteiger partial charge in [-0.1, -0.05) is 26.0 Å². The van der Waals surface area contributed by atoms with Gasteiger partial charge in [-0.25, -0.2) is 0 Å². The zero-order chi connectivity index (χ0) is 19.6. The van der Waals surface area contributed by atoms with Gasteiger partial charge in [0, 0.05) is 37.9 Å². The van der Waals surface area contributed by atoms with Crippen molar-refractivity contribution in [1.29, 1.82) is 0 Å². The molecule has 4 nitrogen and oxygen atoms in total. The van der Waals surface area contributed by atoms with Crippen LogP contribution in [0.1, 0.15) is 32.3 Å². The van der Waals surface area contributed by atoms with Crippen molar-refractivity contribution in [2.24, 2.45) is 5.92 Å². The fourth-order valence-corrected chi connectivity index (χ4v) is 4.05. The monoisotopic (exact) mass is 372 g/mol. The van der Waals surface area contributed by atoms with Crippen LogP contribution in [0, 0.1) is 19.8 Å². The summed E-state index contributed by atoms with van der Waals surface area (Å²) in [5.74, 6) is 0.741. The second-order valence-corrected chi connectivity index (χ2v) is 8.13. The largest absolute Gasteiger partial charge is 0.399 e. The minimum absolute atomic E-state index is 0.560. The highest BCUT2D eigenvalue weighted by Gasteiger charge is 2.26. The standard InChI is InChI=1S/C23H40N4/c1-5-13-27-18-20(4)12-14-26(16-15-25(6-2)7-3)19-23(27)17-21-8-10-22(24)11-9-21/h8-11,20,23H,2-3,5-7,12-19,24H2,1,4H3/q-2. The van der Waals surface area contributed by atoms with Gasteiger partial charge in [0.1, 0.15) is 0 Å². The molecular weight excluding hydrogens is 332 g/mol. The molecule has 1 aromatic carbocycles. The molecule has 27 heavy (non-hydrogen) atoms. The molecule has 2 unspecified atom stereocenters. The molecule has 0 spiro atoms. The number of nitrogen functional groups attached to an aromatic ring is 1. The molecular formula is C23H40N4-2. The Balaban J connectivity index is 2.10. The van der Waals surface area contributed by atoms with Crippen molar-refractivity contribution in [1.82, 2.24) is 14.7 Å². The third kappa shape index (κ3) is 7.44. The van der Waals surface area contributed by atoms with E-state index in [0.29, 0.717) is 6.04 Å². The van der Waals surface area contributed by atoms with Crippen LogP contribution < -0.4 is 5.73 Å². The molecule has 2 N–H and O–H groups in total. The van der Waals surface area contributed by atoms with E-state index in [0.717, 1.165) is 50.7 Å². The molecule has 0 aromatic heterocycles. The summed E-state index contributed by atoms with van der Waals surface area (Å²) in [7, 11) is 0. The van der Waals surface area contributed by atoms with Crippen molar-refractivity contribution in [3.63, 3.8) is 0 Å². The number of hydrogen-bond donors (Lipinski definition) is 1. The first kappa shape index (κ1) is 22.2. The number of nitrogens with zero attached hydrogens (tertiary/aromatic N) is 3. The van der Waals surface area contributed by atoms with Crippen LogP contribution >= 0.6 is 0 Å². The van der Waals surface area contributed by atoms with E-state index < -0.39 is 0 Å². The molecule has 4 heteroatoms. The molecule has 1 fully saturated rings. The predicted octanol–water partition coefficient (Wildman–Crippen LogP) is 3.20. The first-order chi connectivity index (χ1) is 13.0. The Morgan fingerprint density at radius 1 is 1.11 bits per heavy atom. The van der Waals surface area contributed by atoms with Crippen molar-refractivity contribution in [3.8, 4) is 0 Å². The van der Waals surface area contributed by atoms with Crippen LogP contribution in [0.2, 0.25) is 0 Å². The van der Waals surface area contributed by atoms with E-state index in [2.05, 4.69) is 54.5 Å². The molecule has 1 heterocycles. The first-order valence-electron chi connectivity index (χ1n) is 10.7. The maximum atomic E-state index is 5.88. The lowest BCUT2D eigenvalue weighted by molar-refractivity contribution is 0.0867. The van der Waals surface area contributed by atoms with Crippen LogP contribution in [-0.4, -0.2) is 73.1 Å². The second kappa shape index (κ2) is 11.7. The SMILES string of the molecule is [CH2-]CN(C[CH2-])CCN1CCC(C)CN(CCC)C(Cc2ccc(N)cc2)C1. The van der Waals surface area contributed by atoms with E-state index in [1.54, 1.807) is 0 Å². The lowest BCUT2D eigenvalue weighted by atomic mass is 9.98. The van der Waals surface area contributed by atoms with Crippen LogP contribution in [0.5, 0.6) is 0 Å². The molecule has 2 atom stereocenters. The summed E-state index contributed by atoms with van der Waals surface area (Å²) in [6.07, 6.45) is 3.59. The summed E-state index contributed by atoms with van der Waals surface area (Å²) in [6.45, 7) is 21.3. The Kier molecular flexibility index (Phi) is 9.60. The van der Waals surface area contributed by atoms with Gasteiger partial charge in [-0.2, -0.15) is 0 Å². The summed E-state index contributed by atoms with van der Waals surface area (Å²) in [5, 5.41) is 0. The van der Waals surface area contributed by atoms with Crippen molar-refractivity contribution in [2.75, 3.05) is 58.1 Å². The number of nitrogens with two attached hydrogens (primary N) is 1. The van der Waals surface area contributed by atoms with Crippen molar-refractivity contribution in [2.45, 2.75) is 39.2 Å². The maximum Gasteiger partial charge on any atom is 0.0314 e. The quantitative estimate of drug-likeness (QED) is 0.533. The van der Waals surface area contributed by atoms with Gasteiger partial charge in [0.05, 0.1) is 0 Å². The predicted molar refractivity (Wildman–Crippen MR) is 118 cm³/mol. The molecule has 1 saturated heterocycles. The van der Waals surface area contributed by atoms with E-state index in [9.17, 15) is 0 Å². The minimum Gasteiger partial charge on any atom is -0.399 e. The molecule has 0 saturated carbocycles. The first-order valence-corrected chi connectivity index (χ1v) is 10.7. The Morgan fingerprint density at radius 3 is 2.44 bits per heavy atom. The van der Waals surface area contributed by atoms with Crippen LogP contribution in [0.25, 0.3) is 0 Å². The Hall–Kier alpha value is -1.10. The molecule has 0 radical (unpaired) electrons. The van der Waals surface area contributed by atoms with Crippen molar-refractivity contribution in [3.05, 3.63) is 43.7 Å². The smallest absolute Gasteiger partial charge is 0.0314 e. The fourth-order valence-electron chi connectivity index (χ4n) is 4.05. The molecule has 2 rings (SSSR count). The second-order valence-electron chi connectivity index (χ2n) is 8.13. The zero-order valence-corrected chi connectivity index (χ0v) is 17.6. The zero-order valence-electron chi connectivity index (χ0n) is 17.6. The highest BCUT2D eigenvalue weighted by atomic mass is 15.2. The van der Waals surface area contributed by atoms with Crippen LogP contribution in [0.4, 0.5) is 5.69 Å². The number of rotatable bonds is 9. The fraction of sp³-hybridized carbons (Fsp3) is 0.652.